The van der Waals surface area contributed by atoms with Gasteiger partial charge in [-0.2, -0.15) is 0 Å². The summed E-state index contributed by atoms with van der Waals surface area (Å²) in [5.41, 5.74) is 9.87. The number of nitrogen functional groups attached to an aromatic ring is 1. The number of hydrogen-bond donors (Lipinski definition) is 2. The van der Waals surface area contributed by atoms with E-state index in [2.05, 4.69) is 0 Å². The van der Waals surface area contributed by atoms with Crippen molar-refractivity contribution in [3.63, 3.8) is 0 Å². The summed E-state index contributed by atoms with van der Waals surface area (Å²) in [6.45, 7) is 3.98. The van der Waals surface area contributed by atoms with Gasteiger partial charge >= 0.3 is 0 Å². The Kier molecular flexibility index (Phi) is 2.23. The smallest absolute Gasteiger partial charge is 0.0818 e. The van der Waals surface area contributed by atoms with Gasteiger partial charge in [-0.3, -0.25) is 0 Å². The van der Waals surface area contributed by atoms with Gasteiger partial charge in [-0.1, -0.05) is 12.1 Å². The molecule has 1 fully saturated rings. The van der Waals surface area contributed by atoms with Crippen LogP contribution >= 0.6 is 0 Å². The van der Waals surface area contributed by atoms with Crippen molar-refractivity contribution in [2.45, 2.75) is 32.8 Å². The van der Waals surface area contributed by atoms with Gasteiger partial charge in [0.2, 0.25) is 0 Å². The first-order valence-corrected chi connectivity index (χ1v) is 5.14. The number of aliphatic hydroxyl groups excluding tert-OH is 1. The molecule has 0 amide bonds. The van der Waals surface area contributed by atoms with E-state index in [0.29, 0.717) is 5.92 Å². The molecule has 1 aromatic carbocycles. The van der Waals surface area contributed by atoms with Crippen LogP contribution in [0.3, 0.4) is 0 Å². The Morgan fingerprint density at radius 2 is 1.79 bits per heavy atom. The fraction of sp³-hybridized carbons (Fsp3) is 0.500. The topological polar surface area (TPSA) is 46.2 Å². The van der Waals surface area contributed by atoms with Crippen LogP contribution in [-0.2, 0) is 0 Å². The highest BCUT2D eigenvalue weighted by Gasteiger charge is 2.30. The molecule has 0 bridgehead atoms. The van der Waals surface area contributed by atoms with Crippen molar-refractivity contribution in [1.29, 1.82) is 0 Å². The normalized spacial score (nSPS) is 18.2. The highest BCUT2D eigenvalue weighted by Crippen LogP contribution is 2.41. The maximum absolute atomic E-state index is 9.96. The first kappa shape index (κ1) is 9.53. The number of rotatable bonds is 2. The van der Waals surface area contributed by atoms with Crippen molar-refractivity contribution in [3.05, 3.63) is 28.8 Å². The zero-order valence-electron chi connectivity index (χ0n) is 8.75. The summed E-state index contributed by atoms with van der Waals surface area (Å²) in [6.07, 6.45) is 2.03. The Morgan fingerprint density at radius 3 is 2.21 bits per heavy atom. The molecule has 0 aromatic heterocycles. The van der Waals surface area contributed by atoms with Crippen LogP contribution in [0.4, 0.5) is 5.69 Å². The lowest BCUT2D eigenvalue weighted by Gasteiger charge is -2.13. The van der Waals surface area contributed by atoms with Crippen LogP contribution in [0.15, 0.2) is 12.1 Å². The minimum Gasteiger partial charge on any atom is -0.398 e. The fourth-order valence-electron chi connectivity index (χ4n) is 1.86. The van der Waals surface area contributed by atoms with Crippen LogP contribution in [-0.4, -0.2) is 5.11 Å². The van der Waals surface area contributed by atoms with E-state index < -0.39 is 0 Å². The van der Waals surface area contributed by atoms with Crippen molar-refractivity contribution >= 4 is 5.69 Å². The van der Waals surface area contributed by atoms with Crippen LogP contribution in [0.25, 0.3) is 0 Å². The number of aryl methyl sites for hydroxylation is 2. The maximum Gasteiger partial charge on any atom is 0.0818 e. The van der Waals surface area contributed by atoms with Crippen molar-refractivity contribution in [2.24, 2.45) is 5.92 Å². The first-order chi connectivity index (χ1) is 6.59. The second-order valence-corrected chi connectivity index (χ2v) is 4.35. The lowest BCUT2D eigenvalue weighted by Crippen LogP contribution is -2.03. The van der Waals surface area contributed by atoms with Gasteiger partial charge in [0.05, 0.1) is 6.10 Å². The van der Waals surface area contributed by atoms with E-state index in [1.54, 1.807) is 0 Å². The summed E-state index contributed by atoms with van der Waals surface area (Å²) in [5.74, 6) is 0.484. The minimum absolute atomic E-state index is 0.284. The Hall–Kier alpha value is -1.02. The van der Waals surface area contributed by atoms with Gasteiger partial charge in [0, 0.05) is 5.69 Å². The van der Waals surface area contributed by atoms with E-state index in [0.717, 1.165) is 35.2 Å². The van der Waals surface area contributed by atoms with Gasteiger partial charge in [-0.15, -0.1) is 0 Å². The zero-order valence-corrected chi connectivity index (χ0v) is 8.75. The van der Waals surface area contributed by atoms with Crippen LogP contribution < -0.4 is 5.73 Å². The number of benzene rings is 1. The van der Waals surface area contributed by atoms with Gasteiger partial charge in [-0.05, 0) is 49.3 Å². The number of anilines is 1. The molecule has 0 aliphatic heterocycles. The molecule has 2 heteroatoms. The molecule has 1 aromatic rings. The fourth-order valence-corrected chi connectivity index (χ4v) is 1.86. The molecule has 76 valence electrons. The quantitative estimate of drug-likeness (QED) is 0.705. The van der Waals surface area contributed by atoms with Crippen molar-refractivity contribution in [2.75, 3.05) is 5.73 Å². The molecule has 14 heavy (non-hydrogen) atoms. The summed E-state index contributed by atoms with van der Waals surface area (Å²) < 4.78 is 0. The molecular formula is C12H17NO. The van der Waals surface area contributed by atoms with Crippen molar-refractivity contribution in [1.82, 2.24) is 0 Å². The standard InChI is InChI=1S/C12H17NO/c1-7-5-10(6-8(2)11(7)13)12(14)9-3-4-9/h5-6,9,12,14H,3-4,13H2,1-2H3/t12-/m0/s1. The average molecular weight is 191 g/mol. The highest BCUT2D eigenvalue weighted by atomic mass is 16.3. The van der Waals surface area contributed by atoms with E-state index >= 15 is 0 Å². The van der Waals surface area contributed by atoms with Crippen molar-refractivity contribution in [3.8, 4) is 0 Å². The van der Waals surface area contributed by atoms with Crippen LogP contribution in [0.2, 0.25) is 0 Å². The third kappa shape index (κ3) is 1.62. The van der Waals surface area contributed by atoms with E-state index in [4.69, 9.17) is 5.73 Å². The molecule has 2 nitrogen and oxygen atoms in total. The molecule has 1 aliphatic carbocycles. The number of hydrogen-bond acceptors (Lipinski definition) is 2. The summed E-state index contributed by atoms with van der Waals surface area (Å²) in [6, 6.07) is 4.01. The second-order valence-electron chi connectivity index (χ2n) is 4.35. The molecule has 1 atom stereocenters. The Labute approximate surface area is 84.7 Å². The van der Waals surface area contributed by atoms with E-state index in [-0.39, 0.29) is 6.10 Å². The molecule has 3 N–H and O–H groups in total. The Bertz CT molecular complexity index is 332. The minimum atomic E-state index is -0.284. The first-order valence-electron chi connectivity index (χ1n) is 5.14. The van der Waals surface area contributed by atoms with E-state index in [1.165, 1.54) is 0 Å². The number of nitrogens with two attached hydrogens (primary N) is 1. The van der Waals surface area contributed by atoms with Gasteiger partial charge in [0.15, 0.2) is 0 Å². The second kappa shape index (κ2) is 3.28. The number of aliphatic hydroxyl groups is 1. The Balaban J connectivity index is 2.34. The highest BCUT2D eigenvalue weighted by molar-refractivity contribution is 5.54. The Morgan fingerprint density at radius 1 is 1.29 bits per heavy atom. The van der Waals surface area contributed by atoms with Crippen LogP contribution in [0, 0.1) is 19.8 Å². The van der Waals surface area contributed by atoms with Crippen LogP contribution in [0.1, 0.15) is 35.6 Å². The molecule has 2 rings (SSSR count). The monoisotopic (exact) mass is 191 g/mol. The van der Waals surface area contributed by atoms with Crippen LogP contribution in [0.5, 0.6) is 0 Å². The average Bonchev–Trinajstić information content (AvgIpc) is 2.95. The summed E-state index contributed by atoms with van der Waals surface area (Å²) in [5, 5.41) is 9.96. The van der Waals surface area contributed by atoms with E-state index in [9.17, 15) is 5.11 Å². The molecule has 0 unspecified atom stereocenters. The molecule has 0 heterocycles. The maximum atomic E-state index is 9.96. The van der Waals surface area contributed by atoms with Crippen molar-refractivity contribution < 1.29 is 5.11 Å². The third-order valence-corrected chi connectivity index (χ3v) is 3.03. The summed E-state index contributed by atoms with van der Waals surface area (Å²) >= 11 is 0. The predicted molar refractivity (Wildman–Crippen MR) is 58.0 cm³/mol. The lowest BCUT2D eigenvalue weighted by atomic mass is 9.99. The zero-order chi connectivity index (χ0) is 10.3. The molecular weight excluding hydrogens is 174 g/mol. The van der Waals surface area contributed by atoms with Gasteiger partial charge in [-0.25, -0.2) is 0 Å². The SMILES string of the molecule is Cc1cc([C@@H](O)C2CC2)cc(C)c1N. The molecule has 1 saturated carbocycles. The van der Waals surface area contributed by atoms with Gasteiger partial charge in [0.25, 0.3) is 0 Å². The van der Waals surface area contributed by atoms with E-state index in [1.807, 2.05) is 26.0 Å². The predicted octanol–water partition coefficient (Wildman–Crippen LogP) is 2.33. The van der Waals surface area contributed by atoms with Gasteiger partial charge < -0.3 is 10.8 Å². The third-order valence-electron chi connectivity index (χ3n) is 3.03. The molecule has 0 radical (unpaired) electrons. The molecule has 0 spiro atoms. The summed E-state index contributed by atoms with van der Waals surface area (Å²) in [7, 11) is 0. The lowest BCUT2D eigenvalue weighted by molar-refractivity contribution is 0.153. The largest absolute Gasteiger partial charge is 0.398 e. The molecule has 1 aliphatic rings. The molecule has 0 saturated heterocycles. The van der Waals surface area contributed by atoms with Gasteiger partial charge in [0.1, 0.15) is 0 Å². The summed E-state index contributed by atoms with van der Waals surface area (Å²) in [4.78, 5) is 0.